The molecule has 1 aromatic carbocycles. The number of anilines is 1. The smallest absolute Gasteiger partial charge is 0.228 e. The number of carbonyl (C=O) groups excluding carboxylic acids is 1. The van der Waals surface area contributed by atoms with Crippen molar-refractivity contribution in [3.05, 3.63) is 46.7 Å². The summed E-state index contributed by atoms with van der Waals surface area (Å²) in [6.45, 7) is 0.698. The molecule has 1 aromatic heterocycles. The quantitative estimate of drug-likeness (QED) is 0.637. The molecule has 8 heteroatoms. The van der Waals surface area contributed by atoms with Crippen LogP contribution in [0.25, 0.3) is 0 Å². The lowest BCUT2D eigenvalue weighted by atomic mass is 10.1. The number of hydrogen-bond donors (Lipinski definition) is 2. The number of amides is 1. The van der Waals surface area contributed by atoms with Gasteiger partial charge in [0.05, 0.1) is 38.2 Å². The molecule has 0 spiro atoms. The summed E-state index contributed by atoms with van der Waals surface area (Å²) in [7, 11) is 3.29. The molecule has 1 heterocycles. The van der Waals surface area contributed by atoms with Gasteiger partial charge in [0.2, 0.25) is 5.91 Å². The molecule has 140 valence electrons. The number of aliphatic hydroxyl groups is 1. The number of carbonyl (C=O) groups is 1. The highest BCUT2D eigenvalue weighted by molar-refractivity contribution is 9.10. The van der Waals surface area contributed by atoms with Crippen molar-refractivity contribution in [2.45, 2.75) is 25.0 Å². The Balaban J connectivity index is 1.50. The second-order valence-electron chi connectivity index (χ2n) is 6.59. The summed E-state index contributed by atoms with van der Waals surface area (Å²) >= 11 is 3.42. The summed E-state index contributed by atoms with van der Waals surface area (Å²) in [5.74, 6) is 0.294. The number of nitrogens with zero attached hydrogens (tertiary/aromatic N) is 3. The van der Waals surface area contributed by atoms with Gasteiger partial charge in [-0.15, -0.1) is 0 Å². The zero-order valence-electron chi connectivity index (χ0n) is 14.8. The predicted molar refractivity (Wildman–Crippen MR) is 101 cm³/mol. The Morgan fingerprint density at radius 1 is 1.50 bits per heavy atom. The molecule has 3 atom stereocenters. The maximum absolute atomic E-state index is 12.4. The summed E-state index contributed by atoms with van der Waals surface area (Å²) in [6, 6.07) is 8.11. The van der Waals surface area contributed by atoms with Gasteiger partial charge in [-0.05, 0) is 30.0 Å². The van der Waals surface area contributed by atoms with Gasteiger partial charge in [-0.1, -0.05) is 28.1 Å². The van der Waals surface area contributed by atoms with Gasteiger partial charge >= 0.3 is 0 Å². The summed E-state index contributed by atoms with van der Waals surface area (Å²) in [6.07, 6.45) is 3.57. The minimum absolute atomic E-state index is 0.000434. The fourth-order valence-electron chi connectivity index (χ4n) is 2.97. The number of halogens is 1. The van der Waals surface area contributed by atoms with Gasteiger partial charge in [-0.3, -0.25) is 9.48 Å². The third kappa shape index (κ3) is 4.91. The minimum Gasteiger partial charge on any atom is -0.390 e. The molecule has 0 bridgehead atoms. The maximum Gasteiger partial charge on any atom is 0.228 e. The van der Waals surface area contributed by atoms with E-state index in [9.17, 15) is 9.90 Å². The SMILES string of the molecule is CON(C)C[C@H](O)Cn1cc(NC(=O)[C@H]2C[C@@H]2c2ccc(Br)cc2)cn1. The molecule has 0 saturated heterocycles. The van der Waals surface area contributed by atoms with Gasteiger partial charge in [0.1, 0.15) is 0 Å². The molecule has 1 saturated carbocycles. The van der Waals surface area contributed by atoms with E-state index >= 15 is 0 Å². The first kappa shape index (κ1) is 19.0. The Hall–Kier alpha value is -1.74. The van der Waals surface area contributed by atoms with Gasteiger partial charge in [0.15, 0.2) is 0 Å². The first-order valence-corrected chi connectivity index (χ1v) is 9.27. The molecule has 0 radical (unpaired) electrons. The van der Waals surface area contributed by atoms with Crippen LogP contribution >= 0.6 is 15.9 Å². The van der Waals surface area contributed by atoms with E-state index in [1.54, 1.807) is 36.3 Å². The summed E-state index contributed by atoms with van der Waals surface area (Å²) in [4.78, 5) is 17.4. The van der Waals surface area contributed by atoms with E-state index in [1.165, 1.54) is 5.56 Å². The molecule has 1 aliphatic rings. The van der Waals surface area contributed by atoms with Crippen LogP contribution in [0.3, 0.4) is 0 Å². The first-order valence-electron chi connectivity index (χ1n) is 8.48. The van der Waals surface area contributed by atoms with Crippen LogP contribution in [0.1, 0.15) is 17.9 Å². The molecule has 1 amide bonds. The molecular formula is C18H23BrN4O3. The lowest BCUT2D eigenvalue weighted by molar-refractivity contribution is -0.129. The van der Waals surface area contributed by atoms with Crippen molar-refractivity contribution in [2.24, 2.45) is 5.92 Å². The predicted octanol–water partition coefficient (Wildman–Crippen LogP) is 2.24. The summed E-state index contributed by atoms with van der Waals surface area (Å²) in [5.41, 5.74) is 1.83. The van der Waals surface area contributed by atoms with Gasteiger partial charge in [-0.2, -0.15) is 10.2 Å². The highest BCUT2D eigenvalue weighted by Gasteiger charge is 2.43. The number of nitrogens with one attached hydrogen (secondary N) is 1. The van der Waals surface area contributed by atoms with Crippen LogP contribution in [-0.4, -0.2) is 52.7 Å². The lowest BCUT2D eigenvalue weighted by Gasteiger charge is -2.17. The molecule has 2 aromatic rings. The van der Waals surface area contributed by atoms with Crippen LogP contribution in [0.15, 0.2) is 41.1 Å². The maximum atomic E-state index is 12.4. The number of aliphatic hydroxyl groups excluding tert-OH is 1. The molecule has 2 N–H and O–H groups in total. The molecule has 26 heavy (non-hydrogen) atoms. The Kier molecular flexibility index (Phi) is 6.08. The van der Waals surface area contributed by atoms with Crippen molar-refractivity contribution in [1.29, 1.82) is 0 Å². The zero-order valence-corrected chi connectivity index (χ0v) is 16.4. The topological polar surface area (TPSA) is 79.6 Å². The molecule has 3 rings (SSSR count). The average molecular weight is 423 g/mol. The van der Waals surface area contributed by atoms with E-state index in [0.29, 0.717) is 18.8 Å². The second-order valence-corrected chi connectivity index (χ2v) is 7.50. The average Bonchev–Trinajstić information content (AvgIpc) is 3.30. The van der Waals surface area contributed by atoms with E-state index < -0.39 is 6.10 Å². The largest absolute Gasteiger partial charge is 0.390 e. The van der Waals surface area contributed by atoms with Gasteiger partial charge < -0.3 is 15.3 Å². The van der Waals surface area contributed by atoms with Crippen LogP contribution in [0.4, 0.5) is 5.69 Å². The number of likely N-dealkylation sites (N-methyl/N-ethyl adjacent to an activating group) is 1. The van der Waals surface area contributed by atoms with Crippen molar-refractivity contribution >= 4 is 27.5 Å². The Labute approximate surface area is 161 Å². The van der Waals surface area contributed by atoms with Crippen molar-refractivity contribution in [3.63, 3.8) is 0 Å². The van der Waals surface area contributed by atoms with Crippen molar-refractivity contribution in [3.8, 4) is 0 Å². The van der Waals surface area contributed by atoms with Crippen molar-refractivity contribution in [2.75, 3.05) is 26.0 Å². The first-order chi connectivity index (χ1) is 12.5. The van der Waals surface area contributed by atoms with Gasteiger partial charge in [0, 0.05) is 23.6 Å². The standard InChI is InChI=1S/C18H23BrN4O3/c1-22(26-2)10-15(24)11-23-9-14(8-20-23)21-18(25)17-7-16(17)12-3-5-13(19)6-4-12/h3-6,8-9,15-17,24H,7,10-11H2,1-2H3,(H,21,25)/t15-,16+,17-/m0/s1. The van der Waals surface area contributed by atoms with Gasteiger partial charge in [0.25, 0.3) is 0 Å². The van der Waals surface area contributed by atoms with E-state index in [1.807, 2.05) is 12.1 Å². The number of rotatable bonds is 8. The third-order valence-electron chi connectivity index (χ3n) is 4.50. The molecule has 1 aliphatic carbocycles. The number of hydroxylamine groups is 2. The number of hydrogen-bond acceptors (Lipinski definition) is 5. The van der Waals surface area contributed by atoms with Gasteiger partial charge in [-0.25, -0.2) is 0 Å². The molecule has 1 fully saturated rings. The number of aromatic nitrogens is 2. The lowest BCUT2D eigenvalue weighted by Crippen LogP contribution is -2.31. The third-order valence-corrected chi connectivity index (χ3v) is 5.03. The fraction of sp³-hybridized carbons (Fsp3) is 0.444. The van der Waals surface area contributed by atoms with E-state index in [4.69, 9.17) is 4.84 Å². The van der Waals surface area contributed by atoms with Crippen LogP contribution in [0.2, 0.25) is 0 Å². The minimum atomic E-state index is -0.617. The fourth-order valence-corrected chi connectivity index (χ4v) is 3.24. The monoisotopic (exact) mass is 422 g/mol. The van der Waals surface area contributed by atoms with Crippen LogP contribution < -0.4 is 5.32 Å². The van der Waals surface area contributed by atoms with Crippen LogP contribution in [0, 0.1) is 5.92 Å². The van der Waals surface area contributed by atoms with Crippen LogP contribution in [0.5, 0.6) is 0 Å². The van der Waals surface area contributed by atoms with Crippen LogP contribution in [-0.2, 0) is 16.2 Å². The summed E-state index contributed by atoms with van der Waals surface area (Å²) < 4.78 is 2.65. The van der Waals surface area contributed by atoms with E-state index in [-0.39, 0.29) is 17.7 Å². The highest BCUT2D eigenvalue weighted by Crippen LogP contribution is 2.48. The molecule has 0 unspecified atom stereocenters. The van der Waals surface area contributed by atoms with Crippen molar-refractivity contribution < 1.29 is 14.7 Å². The Morgan fingerprint density at radius 2 is 2.23 bits per heavy atom. The van der Waals surface area contributed by atoms with E-state index in [0.717, 1.165) is 10.9 Å². The second kappa shape index (κ2) is 8.30. The summed E-state index contributed by atoms with van der Waals surface area (Å²) in [5, 5.41) is 18.6. The Morgan fingerprint density at radius 3 is 2.92 bits per heavy atom. The molecule has 7 nitrogen and oxygen atoms in total. The van der Waals surface area contributed by atoms with E-state index in [2.05, 4.69) is 38.5 Å². The normalized spacial score (nSPS) is 20.2. The van der Waals surface area contributed by atoms with Crippen molar-refractivity contribution in [1.82, 2.24) is 14.8 Å². The number of benzene rings is 1. The zero-order chi connectivity index (χ0) is 18.7. The highest BCUT2D eigenvalue weighted by atomic mass is 79.9. The molecular weight excluding hydrogens is 400 g/mol. The molecule has 0 aliphatic heterocycles. The Bertz CT molecular complexity index is 749.